The number of pyridine rings is 1. The molecule has 1 aliphatic rings. The lowest BCUT2D eigenvalue weighted by Gasteiger charge is -2.21. The zero-order valence-corrected chi connectivity index (χ0v) is 13.2. The number of anilines is 1. The van der Waals surface area contributed by atoms with Crippen LogP contribution in [-0.4, -0.2) is 55.3 Å². The molecule has 10 nitrogen and oxygen atoms in total. The molecule has 0 saturated carbocycles. The normalized spacial score (nSPS) is 17.0. The summed E-state index contributed by atoms with van der Waals surface area (Å²) >= 11 is 0. The SMILES string of the molecule is O=C(CCC(=O)N1CCC[C@H]1C(=O)O)Nc1ccc2[nH]c(=O)[nH]c2n1. The number of carboxylic acid groups (broad SMARTS) is 1. The summed E-state index contributed by atoms with van der Waals surface area (Å²) in [5, 5.41) is 11.6. The molecular formula is C15H17N5O5. The van der Waals surface area contributed by atoms with E-state index in [1.54, 1.807) is 6.07 Å². The number of carboxylic acids is 1. The minimum Gasteiger partial charge on any atom is -0.480 e. The maximum atomic E-state index is 12.1. The monoisotopic (exact) mass is 347 g/mol. The number of aromatic amines is 2. The summed E-state index contributed by atoms with van der Waals surface area (Å²) in [6, 6.07) is 2.33. The second-order valence-electron chi connectivity index (χ2n) is 5.80. The van der Waals surface area contributed by atoms with E-state index in [0.717, 1.165) is 0 Å². The summed E-state index contributed by atoms with van der Waals surface area (Å²) in [6.45, 7) is 0.399. The fraction of sp³-hybridized carbons (Fsp3) is 0.400. The highest BCUT2D eigenvalue weighted by Gasteiger charge is 2.33. The first-order valence-corrected chi connectivity index (χ1v) is 7.85. The van der Waals surface area contributed by atoms with E-state index in [2.05, 4.69) is 20.3 Å². The Morgan fingerprint density at radius 2 is 2.08 bits per heavy atom. The van der Waals surface area contributed by atoms with Crippen molar-refractivity contribution in [2.45, 2.75) is 31.7 Å². The fourth-order valence-electron chi connectivity index (χ4n) is 2.88. The molecule has 25 heavy (non-hydrogen) atoms. The molecular weight excluding hydrogens is 330 g/mol. The average Bonchev–Trinajstić information content (AvgIpc) is 3.17. The highest BCUT2D eigenvalue weighted by atomic mass is 16.4. The fourth-order valence-corrected chi connectivity index (χ4v) is 2.88. The van der Waals surface area contributed by atoms with Gasteiger partial charge in [-0.1, -0.05) is 0 Å². The van der Waals surface area contributed by atoms with Crippen molar-refractivity contribution >= 4 is 34.8 Å². The molecule has 1 aliphatic heterocycles. The van der Waals surface area contributed by atoms with Gasteiger partial charge in [-0.15, -0.1) is 0 Å². The predicted octanol–water partition coefficient (Wildman–Crippen LogP) is 0.0455. The van der Waals surface area contributed by atoms with Crippen LogP contribution in [0.1, 0.15) is 25.7 Å². The van der Waals surface area contributed by atoms with Gasteiger partial charge in [-0.3, -0.25) is 14.6 Å². The number of amides is 2. The Bertz CT molecular complexity index is 886. The predicted molar refractivity (Wildman–Crippen MR) is 86.9 cm³/mol. The van der Waals surface area contributed by atoms with Crippen LogP contribution in [0.3, 0.4) is 0 Å². The van der Waals surface area contributed by atoms with Gasteiger partial charge in [0.2, 0.25) is 11.8 Å². The number of fused-ring (bicyclic) bond motifs is 1. The van der Waals surface area contributed by atoms with Crippen LogP contribution in [-0.2, 0) is 14.4 Å². The third-order valence-corrected chi connectivity index (χ3v) is 4.07. The molecule has 132 valence electrons. The number of rotatable bonds is 5. The van der Waals surface area contributed by atoms with E-state index in [-0.39, 0.29) is 24.6 Å². The molecule has 1 fully saturated rings. The second-order valence-corrected chi connectivity index (χ2v) is 5.80. The van der Waals surface area contributed by atoms with Crippen LogP contribution in [0.25, 0.3) is 11.2 Å². The summed E-state index contributed by atoms with van der Waals surface area (Å²) in [5.74, 6) is -1.53. The number of carbonyl (C=O) groups is 3. The molecule has 4 N–H and O–H groups in total. The third kappa shape index (κ3) is 3.67. The Hall–Kier alpha value is -3.17. The van der Waals surface area contributed by atoms with Gasteiger partial charge >= 0.3 is 11.7 Å². The molecule has 0 unspecified atom stereocenters. The van der Waals surface area contributed by atoms with Gasteiger partial charge in [0.15, 0.2) is 5.65 Å². The molecule has 3 heterocycles. The number of hydrogen-bond acceptors (Lipinski definition) is 5. The minimum absolute atomic E-state index is 0.0706. The third-order valence-electron chi connectivity index (χ3n) is 4.07. The standard InChI is InChI=1S/C15H17N5O5/c21-11(5-6-12(22)20-7-1-2-9(20)14(23)24)17-10-4-3-8-13(18-10)19-15(25)16-8/h3-4,9H,1-2,5-7H2,(H,23,24)(H3,16,17,18,19,21,25)/t9-/m0/s1. The molecule has 0 aliphatic carbocycles. The number of nitrogens with zero attached hydrogens (tertiary/aromatic N) is 2. The van der Waals surface area contributed by atoms with Crippen molar-refractivity contribution in [3.05, 3.63) is 22.6 Å². The maximum Gasteiger partial charge on any atom is 0.326 e. The van der Waals surface area contributed by atoms with Crippen LogP contribution in [0, 0.1) is 0 Å². The van der Waals surface area contributed by atoms with Crippen molar-refractivity contribution in [2.75, 3.05) is 11.9 Å². The Labute approximate surface area is 141 Å². The lowest BCUT2D eigenvalue weighted by atomic mass is 10.2. The lowest BCUT2D eigenvalue weighted by molar-refractivity contribution is -0.148. The van der Waals surface area contributed by atoms with E-state index in [1.165, 1.54) is 11.0 Å². The summed E-state index contributed by atoms with van der Waals surface area (Å²) < 4.78 is 0. The second kappa shape index (κ2) is 6.75. The van der Waals surface area contributed by atoms with Crippen molar-refractivity contribution in [3.8, 4) is 0 Å². The van der Waals surface area contributed by atoms with E-state index < -0.39 is 23.6 Å². The summed E-state index contributed by atoms with van der Waals surface area (Å²) in [4.78, 5) is 56.8. The van der Waals surface area contributed by atoms with Gasteiger partial charge in [-0.05, 0) is 25.0 Å². The molecule has 3 rings (SSSR count). The van der Waals surface area contributed by atoms with Crippen LogP contribution in [0.15, 0.2) is 16.9 Å². The number of aromatic nitrogens is 3. The van der Waals surface area contributed by atoms with Crippen LogP contribution in [0.4, 0.5) is 5.82 Å². The van der Waals surface area contributed by atoms with Crippen molar-refractivity contribution in [2.24, 2.45) is 0 Å². The van der Waals surface area contributed by atoms with Gasteiger partial charge in [0, 0.05) is 19.4 Å². The molecule has 1 saturated heterocycles. The van der Waals surface area contributed by atoms with Crippen molar-refractivity contribution in [1.29, 1.82) is 0 Å². The number of H-pyrrole nitrogens is 2. The van der Waals surface area contributed by atoms with Gasteiger partial charge in [-0.25, -0.2) is 14.6 Å². The number of carbonyl (C=O) groups excluding carboxylic acids is 2. The first-order valence-electron chi connectivity index (χ1n) is 7.85. The molecule has 0 radical (unpaired) electrons. The highest BCUT2D eigenvalue weighted by Crippen LogP contribution is 2.19. The Balaban J connectivity index is 1.55. The smallest absolute Gasteiger partial charge is 0.326 e. The maximum absolute atomic E-state index is 12.1. The summed E-state index contributed by atoms with van der Waals surface area (Å²) in [7, 11) is 0. The van der Waals surface area contributed by atoms with E-state index >= 15 is 0 Å². The van der Waals surface area contributed by atoms with E-state index in [0.29, 0.717) is 30.6 Å². The molecule has 0 spiro atoms. The Kier molecular flexibility index (Phi) is 4.50. The van der Waals surface area contributed by atoms with Crippen molar-refractivity contribution < 1.29 is 19.5 Å². The lowest BCUT2D eigenvalue weighted by Crippen LogP contribution is -2.40. The van der Waals surface area contributed by atoms with Gasteiger partial charge in [0.05, 0.1) is 5.52 Å². The van der Waals surface area contributed by atoms with Crippen LogP contribution in [0.2, 0.25) is 0 Å². The Morgan fingerprint density at radius 1 is 1.28 bits per heavy atom. The van der Waals surface area contributed by atoms with Gasteiger partial charge < -0.3 is 20.3 Å². The molecule has 2 aromatic rings. The molecule has 2 aromatic heterocycles. The topological polar surface area (TPSA) is 148 Å². The first kappa shape index (κ1) is 16.7. The van der Waals surface area contributed by atoms with Gasteiger partial charge in [0.25, 0.3) is 0 Å². The van der Waals surface area contributed by atoms with E-state index in [1.807, 2.05) is 0 Å². The number of likely N-dealkylation sites (tertiary alicyclic amines) is 1. The number of nitrogens with one attached hydrogen (secondary N) is 3. The quantitative estimate of drug-likeness (QED) is 0.600. The summed E-state index contributed by atoms with van der Waals surface area (Å²) in [5.41, 5.74) is 0.447. The van der Waals surface area contributed by atoms with Crippen LogP contribution < -0.4 is 11.0 Å². The average molecular weight is 347 g/mol. The number of aliphatic carboxylic acids is 1. The van der Waals surface area contributed by atoms with Crippen molar-refractivity contribution in [3.63, 3.8) is 0 Å². The minimum atomic E-state index is -1.02. The number of hydrogen-bond donors (Lipinski definition) is 4. The molecule has 1 atom stereocenters. The first-order chi connectivity index (χ1) is 11.9. The number of imidazole rings is 1. The van der Waals surface area contributed by atoms with E-state index in [9.17, 15) is 19.2 Å². The zero-order valence-electron chi connectivity index (χ0n) is 13.2. The molecule has 0 bridgehead atoms. The zero-order chi connectivity index (χ0) is 18.0. The Morgan fingerprint density at radius 3 is 2.84 bits per heavy atom. The van der Waals surface area contributed by atoms with Gasteiger partial charge in [-0.2, -0.15) is 0 Å². The highest BCUT2D eigenvalue weighted by molar-refractivity contribution is 5.94. The molecule has 2 amide bonds. The molecule has 0 aromatic carbocycles. The van der Waals surface area contributed by atoms with Crippen LogP contribution in [0.5, 0.6) is 0 Å². The van der Waals surface area contributed by atoms with Gasteiger partial charge in [0.1, 0.15) is 11.9 Å². The van der Waals surface area contributed by atoms with Crippen molar-refractivity contribution in [1.82, 2.24) is 19.9 Å². The van der Waals surface area contributed by atoms with E-state index in [4.69, 9.17) is 5.11 Å². The summed E-state index contributed by atoms with van der Waals surface area (Å²) in [6.07, 6.45) is 0.934. The van der Waals surface area contributed by atoms with Crippen LogP contribution >= 0.6 is 0 Å². The largest absolute Gasteiger partial charge is 0.480 e. The molecule has 10 heteroatoms.